The van der Waals surface area contributed by atoms with Crippen LogP contribution in [-0.2, 0) is 6.42 Å². The van der Waals surface area contributed by atoms with Crippen LogP contribution in [0.4, 0.5) is 37.0 Å². The van der Waals surface area contributed by atoms with E-state index in [4.69, 9.17) is 0 Å². The lowest BCUT2D eigenvalue weighted by molar-refractivity contribution is -0.158. The van der Waals surface area contributed by atoms with E-state index in [1.54, 1.807) is 6.92 Å². The standard InChI is InChI=1S/C19H20F6N6O2/c1-2-11-7-12(30-6-5-29(17(30)33)8-18(20,21)22)27-15-13(26-9-31(11)15)16(32)28-14(10-3-4-10)19(23,24)25/h7,9-10,14H,2-6,8H2,1H3,(H,28,32). The third kappa shape index (κ3) is 4.69. The zero-order valence-corrected chi connectivity index (χ0v) is 17.4. The van der Waals surface area contributed by atoms with Crippen LogP contribution in [0.15, 0.2) is 12.4 Å². The molecule has 0 spiro atoms. The van der Waals surface area contributed by atoms with Gasteiger partial charge in [-0.2, -0.15) is 26.3 Å². The summed E-state index contributed by atoms with van der Waals surface area (Å²) in [6.45, 7) is 0.112. The molecule has 1 atom stereocenters. The number of hydrogen-bond donors (Lipinski definition) is 1. The van der Waals surface area contributed by atoms with E-state index in [0.29, 0.717) is 29.9 Å². The molecule has 0 radical (unpaired) electrons. The highest BCUT2D eigenvalue weighted by atomic mass is 19.4. The summed E-state index contributed by atoms with van der Waals surface area (Å²) in [5.74, 6) is -1.76. The molecule has 2 aromatic rings. The number of halogens is 6. The second-order valence-corrected chi connectivity index (χ2v) is 8.05. The van der Waals surface area contributed by atoms with E-state index >= 15 is 0 Å². The van der Waals surface area contributed by atoms with Gasteiger partial charge in [0, 0.05) is 24.8 Å². The van der Waals surface area contributed by atoms with Gasteiger partial charge < -0.3 is 10.2 Å². The van der Waals surface area contributed by atoms with Gasteiger partial charge in [-0.15, -0.1) is 0 Å². The van der Waals surface area contributed by atoms with Crippen LogP contribution in [0.1, 0.15) is 35.9 Å². The summed E-state index contributed by atoms with van der Waals surface area (Å²) in [5.41, 5.74) is 0.0825. The molecular formula is C19H20F6N6O2. The van der Waals surface area contributed by atoms with Crippen molar-refractivity contribution in [3.05, 3.63) is 23.8 Å². The molecule has 8 nitrogen and oxygen atoms in total. The molecule has 2 aromatic heterocycles. The monoisotopic (exact) mass is 478 g/mol. The van der Waals surface area contributed by atoms with Crippen molar-refractivity contribution in [2.45, 2.75) is 44.6 Å². The van der Waals surface area contributed by atoms with Gasteiger partial charge in [-0.05, 0) is 25.2 Å². The van der Waals surface area contributed by atoms with E-state index in [9.17, 15) is 35.9 Å². The molecule has 33 heavy (non-hydrogen) atoms. The Labute approximate surface area is 183 Å². The lowest BCUT2D eigenvalue weighted by Crippen LogP contribution is -2.47. The largest absolute Gasteiger partial charge is 0.408 e. The number of nitrogens with zero attached hydrogens (tertiary/aromatic N) is 5. The van der Waals surface area contributed by atoms with Crippen LogP contribution in [0.2, 0.25) is 0 Å². The van der Waals surface area contributed by atoms with E-state index in [1.807, 2.05) is 5.32 Å². The Bertz CT molecular complexity index is 1080. The highest BCUT2D eigenvalue weighted by molar-refractivity contribution is 5.99. The van der Waals surface area contributed by atoms with Crippen molar-refractivity contribution in [3.8, 4) is 0 Å². The number of aryl methyl sites for hydroxylation is 1. The first kappa shape index (κ1) is 23.1. The molecule has 1 unspecified atom stereocenters. The predicted octanol–water partition coefficient (Wildman–Crippen LogP) is 3.17. The van der Waals surface area contributed by atoms with Gasteiger partial charge >= 0.3 is 18.4 Å². The van der Waals surface area contributed by atoms with Crippen LogP contribution in [0.5, 0.6) is 0 Å². The molecule has 1 N–H and O–H groups in total. The molecule has 2 fully saturated rings. The highest BCUT2D eigenvalue weighted by Crippen LogP contribution is 2.40. The van der Waals surface area contributed by atoms with Gasteiger partial charge in [-0.25, -0.2) is 14.8 Å². The van der Waals surface area contributed by atoms with Crippen LogP contribution in [0.25, 0.3) is 5.65 Å². The molecule has 3 amide bonds. The van der Waals surface area contributed by atoms with Gasteiger partial charge in [0.15, 0.2) is 11.3 Å². The lowest BCUT2D eigenvalue weighted by atomic mass is 10.1. The Hall–Kier alpha value is -3.06. The van der Waals surface area contributed by atoms with Crippen molar-refractivity contribution in [3.63, 3.8) is 0 Å². The fourth-order valence-electron chi connectivity index (χ4n) is 3.85. The number of carbonyl (C=O) groups is 2. The minimum Gasteiger partial charge on any atom is -0.339 e. The fourth-order valence-corrected chi connectivity index (χ4v) is 3.85. The molecule has 1 saturated carbocycles. The number of alkyl halides is 6. The first-order valence-electron chi connectivity index (χ1n) is 10.3. The number of anilines is 1. The fraction of sp³-hybridized carbons (Fsp3) is 0.579. The van der Waals surface area contributed by atoms with Crippen molar-refractivity contribution in [2.24, 2.45) is 5.92 Å². The number of rotatable bonds is 6. The number of urea groups is 1. The van der Waals surface area contributed by atoms with Crippen molar-refractivity contribution < 1.29 is 35.9 Å². The van der Waals surface area contributed by atoms with Crippen molar-refractivity contribution in [2.75, 3.05) is 24.5 Å². The minimum atomic E-state index is -4.62. The summed E-state index contributed by atoms with van der Waals surface area (Å²) in [6.07, 6.45) is -6.87. The van der Waals surface area contributed by atoms with Gasteiger partial charge in [-0.1, -0.05) is 6.92 Å². The topological polar surface area (TPSA) is 82.8 Å². The zero-order chi connectivity index (χ0) is 24.1. The van der Waals surface area contributed by atoms with Gasteiger partial charge in [0.2, 0.25) is 0 Å². The maximum absolute atomic E-state index is 13.3. The molecule has 0 aromatic carbocycles. The van der Waals surface area contributed by atoms with Crippen LogP contribution < -0.4 is 10.2 Å². The second-order valence-electron chi connectivity index (χ2n) is 8.05. The first-order valence-corrected chi connectivity index (χ1v) is 10.3. The Morgan fingerprint density at radius 3 is 2.48 bits per heavy atom. The number of nitrogens with one attached hydrogen (secondary N) is 1. The molecule has 14 heteroatoms. The number of fused-ring (bicyclic) bond motifs is 1. The number of imidazole rings is 1. The number of aromatic nitrogens is 3. The van der Waals surface area contributed by atoms with Crippen LogP contribution in [0.3, 0.4) is 0 Å². The number of carbonyl (C=O) groups excluding carboxylic acids is 2. The van der Waals surface area contributed by atoms with Gasteiger partial charge in [0.25, 0.3) is 5.91 Å². The van der Waals surface area contributed by atoms with Crippen molar-refractivity contribution in [1.29, 1.82) is 0 Å². The molecule has 180 valence electrons. The summed E-state index contributed by atoms with van der Waals surface area (Å²) >= 11 is 0. The molecule has 1 aliphatic heterocycles. The average Bonchev–Trinajstić information content (AvgIpc) is 3.36. The van der Waals surface area contributed by atoms with E-state index in [1.165, 1.54) is 16.8 Å². The minimum absolute atomic E-state index is 0.00172. The normalized spacial score (nSPS) is 18.3. The SMILES string of the molecule is CCc1cc(N2CCN(CC(F)(F)F)C2=O)nc2c(C(=O)NC(C3CC3)C(F)(F)F)ncn12. The Morgan fingerprint density at radius 2 is 1.91 bits per heavy atom. The Morgan fingerprint density at radius 1 is 1.21 bits per heavy atom. The van der Waals surface area contributed by atoms with Crippen LogP contribution >= 0.6 is 0 Å². The quantitative estimate of drug-likeness (QED) is 0.647. The predicted molar refractivity (Wildman–Crippen MR) is 103 cm³/mol. The highest BCUT2D eigenvalue weighted by Gasteiger charge is 2.50. The summed E-state index contributed by atoms with van der Waals surface area (Å²) in [4.78, 5) is 35.0. The molecular weight excluding hydrogens is 458 g/mol. The van der Waals surface area contributed by atoms with Crippen molar-refractivity contribution in [1.82, 2.24) is 24.6 Å². The molecule has 0 bridgehead atoms. The van der Waals surface area contributed by atoms with Crippen LogP contribution in [-0.4, -0.2) is 69.2 Å². The molecule has 3 heterocycles. The summed E-state index contributed by atoms with van der Waals surface area (Å²) < 4.78 is 79.6. The van der Waals surface area contributed by atoms with Gasteiger partial charge in [0.1, 0.15) is 24.7 Å². The molecule has 2 aliphatic rings. The first-order chi connectivity index (χ1) is 15.4. The summed E-state index contributed by atoms with van der Waals surface area (Å²) in [5, 5.41) is 1.99. The Balaban J connectivity index is 1.65. The number of amides is 3. The summed E-state index contributed by atoms with van der Waals surface area (Å²) in [7, 11) is 0. The maximum atomic E-state index is 13.3. The van der Waals surface area contributed by atoms with E-state index in [2.05, 4.69) is 9.97 Å². The van der Waals surface area contributed by atoms with Gasteiger partial charge in [-0.3, -0.25) is 14.1 Å². The van der Waals surface area contributed by atoms with E-state index in [-0.39, 0.29) is 30.2 Å². The van der Waals surface area contributed by atoms with Crippen molar-refractivity contribution >= 4 is 23.4 Å². The zero-order valence-electron chi connectivity index (χ0n) is 17.4. The maximum Gasteiger partial charge on any atom is 0.408 e. The second kappa shape index (κ2) is 8.06. The molecule has 4 rings (SSSR count). The Kier molecular flexibility index (Phi) is 5.65. The number of hydrogen-bond acceptors (Lipinski definition) is 4. The van der Waals surface area contributed by atoms with E-state index < -0.39 is 42.8 Å². The molecule has 1 aliphatic carbocycles. The summed E-state index contributed by atoms with van der Waals surface area (Å²) in [6, 6.07) is -1.43. The van der Waals surface area contributed by atoms with Crippen LogP contribution in [0, 0.1) is 5.92 Å². The third-order valence-electron chi connectivity index (χ3n) is 5.62. The third-order valence-corrected chi connectivity index (χ3v) is 5.62. The van der Waals surface area contributed by atoms with E-state index in [0.717, 1.165) is 4.90 Å². The lowest BCUT2D eigenvalue weighted by Gasteiger charge is -2.21. The average molecular weight is 478 g/mol. The molecule has 1 saturated heterocycles. The van der Waals surface area contributed by atoms with Gasteiger partial charge in [0.05, 0.1) is 0 Å². The smallest absolute Gasteiger partial charge is 0.339 e.